The van der Waals surface area contributed by atoms with Crippen LogP contribution in [0.15, 0.2) is 108 Å². The van der Waals surface area contributed by atoms with Gasteiger partial charge in [-0.3, -0.25) is 9.59 Å². The van der Waals surface area contributed by atoms with Crippen LogP contribution in [-0.4, -0.2) is 29.8 Å². The average molecular weight is 489 g/mol. The van der Waals surface area contributed by atoms with Gasteiger partial charge in [-0.05, 0) is 47.4 Å². The van der Waals surface area contributed by atoms with E-state index < -0.39 is 0 Å². The topological polar surface area (TPSA) is 62.6 Å². The molecule has 1 fully saturated rings. The van der Waals surface area contributed by atoms with Gasteiger partial charge in [-0.2, -0.15) is 0 Å². The van der Waals surface area contributed by atoms with Crippen LogP contribution < -0.4 is 5.32 Å². The van der Waals surface area contributed by atoms with E-state index in [0.29, 0.717) is 31.7 Å². The first-order valence-corrected chi connectivity index (χ1v) is 12.8. The van der Waals surface area contributed by atoms with Crippen LogP contribution in [0, 0.1) is 5.92 Å². The average Bonchev–Trinajstić information content (AvgIpc) is 3.40. The summed E-state index contributed by atoms with van der Waals surface area (Å²) in [6.45, 7) is 1.11. The van der Waals surface area contributed by atoms with Gasteiger partial charge in [-0.25, -0.2) is 0 Å². The summed E-state index contributed by atoms with van der Waals surface area (Å²) in [6.07, 6.45) is 1.26. The van der Waals surface area contributed by atoms with Gasteiger partial charge >= 0.3 is 0 Å². The van der Waals surface area contributed by atoms with Crippen molar-refractivity contribution in [3.63, 3.8) is 0 Å². The molecule has 4 aromatic carbocycles. The zero-order valence-corrected chi connectivity index (χ0v) is 20.5. The van der Waals surface area contributed by atoms with E-state index in [1.165, 1.54) is 0 Å². The van der Waals surface area contributed by atoms with Gasteiger partial charge in [0.15, 0.2) is 0 Å². The van der Waals surface area contributed by atoms with Crippen molar-refractivity contribution in [3.05, 3.63) is 120 Å². The first kappa shape index (κ1) is 23.0. The van der Waals surface area contributed by atoms with Crippen molar-refractivity contribution in [1.82, 2.24) is 10.2 Å². The highest BCUT2D eigenvalue weighted by Crippen LogP contribution is 2.30. The number of rotatable bonds is 5. The van der Waals surface area contributed by atoms with Gasteiger partial charge in [-0.1, -0.05) is 84.9 Å². The molecule has 0 aliphatic carbocycles. The lowest BCUT2D eigenvalue weighted by atomic mass is 9.93. The lowest BCUT2D eigenvalue weighted by molar-refractivity contribution is -0.126. The minimum Gasteiger partial charge on any atom is -0.459 e. The van der Waals surface area contributed by atoms with E-state index in [4.69, 9.17) is 4.42 Å². The number of carbonyl (C=O) groups is 2. The van der Waals surface area contributed by atoms with Crippen molar-refractivity contribution in [1.29, 1.82) is 0 Å². The van der Waals surface area contributed by atoms with Crippen LogP contribution in [0.25, 0.3) is 21.7 Å². The first-order chi connectivity index (χ1) is 18.2. The van der Waals surface area contributed by atoms with Crippen LogP contribution in [0.5, 0.6) is 0 Å². The monoisotopic (exact) mass is 488 g/mol. The molecule has 5 heteroatoms. The molecule has 1 aliphatic heterocycles. The highest BCUT2D eigenvalue weighted by Gasteiger charge is 2.31. The quantitative estimate of drug-likeness (QED) is 0.314. The van der Waals surface area contributed by atoms with Gasteiger partial charge in [0.1, 0.15) is 17.4 Å². The lowest BCUT2D eigenvalue weighted by Gasteiger charge is -2.32. The van der Waals surface area contributed by atoms with Crippen molar-refractivity contribution < 1.29 is 14.0 Å². The summed E-state index contributed by atoms with van der Waals surface area (Å²) in [5.41, 5.74) is 2.49. The van der Waals surface area contributed by atoms with Crippen LogP contribution in [0.3, 0.4) is 0 Å². The Kier molecular flexibility index (Phi) is 6.19. The highest BCUT2D eigenvalue weighted by molar-refractivity contribution is 6.07. The third-order valence-electron chi connectivity index (χ3n) is 7.32. The van der Waals surface area contributed by atoms with E-state index >= 15 is 0 Å². The Hall–Kier alpha value is -4.38. The molecule has 2 amide bonds. The number of nitrogens with one attached hydrogen (secondary N) is 1. The zero-order valence-electron chi connectivity index (χ0n) is 20.5. The minimum absolute atomic E-state index is 0.00781. The number of likely N-dealkylation sites (tertiary alicyclic amines) is 1. The summed E-state index contributed by atoms with van der Waals surface area (Å²) < 4.78 is 6.14. The molecule has 1 unspecified atom stereocenters. The second kappa shape index (κ2) is 9.94. The molecule has 0 radical (unpaired) electrons. The number of fused-ring (bicyclic) bond motifs is 2. The number of benzene rings is 4. The Morgan fingerprint density at radius 3 is 2.24 bits per heavy atom. The van der Waals surface area contributed by atoms with Crippen LogP contribution in [0.1, 0.15) is 40.6 Å². The molecule has 6 rings (SSSR count). The van der Waals surface area contributed by atoms with Crippen molar-refractivity contribution >= 4 is 33.6 Å². The van der Waals surface area contributed by atoms with Gasteiger partial charge in [0, 0.05) is 30.0 Å². The number of hydrogen-bond donors (Lipinski definition) is 1. The molecule has 1 aliphatic rings. The number of hydrogen-bond acceptors (Lipinski definition) is 3. The normalized spacial score (nSPS) is 15.1. The number of carbonyl (C=O) groups excluding carboxylic acids is 2. The molecule has 1 aromatic heterocycles. The largest absolute Gasteiger partial charge is 0.459 e. The third kappa shape index (κ3) is 4.60. The zero-order chi connectivity index (χ0) is 25.2. The number of para-hydroxylation sites is 1. The predicted molar refractivity (Wildman–Crippen MR) is 145 cm³/mol. The molecular formula is C32H28N2O3. The van der Waals surface area contributed by atoms with Gasteiger partial charge in [0.25, 0.3) is 5.91 Å². The summed E-state index contributed by atoms with van der Waals surface area (Å²) in [5.74, 6) is 0.572. The molecule has 1 saturated heterocycles. The smallest absolute Gasteiger partial charge is 0.254 e. The maximum Gasteiger partial charge on any atom is 0.254 e. The molecule has 5 aromatic rings. The number of piperidine rings is 1. The Bertz CT molecular complexity index is 1530. The molecule has 0 saturated carbocycles. The summed E-state index contributed by atoms with van der Waals surface area (Å²) in [4.78, 5) is 28.6. The maximum atomic E-state index is 13.4. The van der Waals surface area contributed by atoms with E-state index in [-0.39, 0.29) is 23.8 Å². The molecule has 1 N–H and O–H groups in total. The van der Waals surface area contributed by atoms with Crippen molar-refractivity contribution in [2.45, 2.75) is 18.9 Å². The Morgan fingerprint density at radius 2 is 1.46 bits per heavy atom. The van der Waals surface area contributed by atoms with Crippen LogP contribution in [0.4, 0.5) is 0 Å². The van der Waals surface area contributed by atoms with Crippen molar-refractivity contribution in [3.8, 4) is 0 Å². The van der Waals surface area contributed by atoms with Crippen LogP contribution >= 0.6 is 0 Å². The fraction of sp³-hybridized carbons (Fsp3) is 0.188. The van der Waals surface area contributed by atoms with Crippen LogP contribution in [-0.2, 0) is 4.79 Å². The second-order valence-corrected chi connectivity index (χ2v) is 9.63. The van der Waals surface area contributed by atoms with Crippen molar-refractivity contribution in [2.75, 3.05) is 13.1 Å². The molecule has 184 valence electrons. The Morgan fingerprint density at radius 1 is 0.784 bits per heavy atom. The Labute approximate surface area is 215 Å². The van der Waals surface area contributed by atoms with E-state index in [9.17, 15) is 9.59 Å². The van der Waals surface area contributed by atoms with Crippen molar-refractivity contribution in [2.24, 2.45) is 5.92 Å². The van der Waals surface area contributed by atoms with Crippen LogP contribution in [0.2, 0.25) is 0 Å². The van der Waals surface area contributed by atoms with Gasteiger partial charge in [0.05, 0.1) is 0 Å². The second-order valence-electron chi connectivity index (χ2n) is 9.63. The number of amides is 2. The minimum atomic E-state index is -0.378. The summed E-state index contributed by atoms with van der Waals surface area (Å²) >= 11 is 0. The van der Waals surface area contributed by atoms with Gasteiger partial charge in [-0.15, -0.1) is 0 Å². The third-order valence-corrected chi connectivity index (χ3v) is 7.32. The van der Waals surface area contributed by atoms with E-state index in [1.54, 1.807) is 0 Å². The Balaban J connectivity index is 1.17. The fourth-order valence-electron chi connectivity index (χ4n) is 5.30. The summed E-state index contributed by atoms with van der Waals surface area (Å²) in [7, 11) is 0. The van der Waals surface area contributed by atoms with Gasteiger partial charge < -0.3 is 14.6 Å². The van der Waals surface area contributed by atoms with E-state index in [0.717, 1.165) is 32.9 Å². The first-order valence-electron chi connectivity index (χ1n) is 12.8. The molecule has 37 heavy (non-hydrogen) atoms. The lowest BCUT2D eigenvalue weighted by Crippen LogP contribution is -2.43. The maximum absolute atomic E-state index is 13.4. The summed E-state index contributed by atoms with van der Waals surface area (Å²) in [6, 6.07) is 33.2. The van der Waals surface area contributed by atoms with E-state index in [2.05, 4.69) is 5.32 Å². The molecule has 0 bridgehead atoms. The molecule has 5 nitrogen and oxygen atoms in total. The molecule has 0 spiro atoms. The highest BCUT2D eigenvalue weighted by atomic mass is 16.3. The molecular weight excluding hydrogens is 460 g/mol. The number of furan rings is 1. The predicted octanol–water partition coefficient (Wildman–Crippen LogP) is 6.34. The SMILES string of the molecule is O=C(NC(c1ccccc1)c1cc2ccccc2o1)C1CCN(C(=O)c2cccc3ccccc23)CC1. The molecule has 1 atom stereocenters. The standard InChI is InChI=1S/C32H28N2O3/c35-31(33-30(23-10-2-1-3-11-23)29-21-25-12-5-7-16-28(25)37-29)24-17-19-34(20-18-24)32(36)27-15-8-13-22-9-4-6-14-26(22)27/h1-16,21,24,30H,17-20H2,(H,33,35). The molecule has 2 heterocycles. The van der Waals surface area contributed by atoms with E-state index in [1.807, 2.05) is 108 Å². The van der Waals surface area contributed by atoms with Gasteiger partial charge in [0.2, 0.25) is 5.91 Å². The summed E-state index contributed by atoms with van der Waals surface area (Å²) in [5, 5.41) is 6.27. The number of nitrogens with zero attached hydrogens (tertiary/aromatic N) is 1. The fourth-order valence-corrected chi connectivity index (χ4v) is 5.30.